The highest BCUT2D eigenvalue weighted by atomic mass is 16.6. The van der Waals surface area contributed by atoms with Gasteiger partial charge in [-0.15, -0.1) is 0 Å². The van der Waals surface area contributed by atoms with Crippen molar-refractivity contribution < 1.29 is 33.6 Å². The number of ether oxygens (including phenoxy) is 5. The minimum atomic E-state index is -1.76. The van der Waals surface area contributed by atoms with Gasteiger partial charge in [0, 0.05) is 6.42 Å². The standard InChI is InChI=1S/C39H37N5O7/c1-47-29-17-13-27(14-18-29)39(26-9-5-3-6-10-26,28-15-19-30(48-2)20-16-28)50-22-33-32(45)21-38(51-33,34(46)23-49-31-11-7-4-8-12-31)44-25-43-35-36(40)41-24-42-37(35)44/h3-20,24-25,32-33,45H,21-23H2,1-2H3,(H2,40,41,42)/t32-,33+,38-/m0/s1. The van der Waals surface area contributed by atoms with Crippen molar-refractivity contribution in [3.8, 4) is 17.2 Å². The lowest BCUT2D eigenvalue weighted by Gasteiger charge is -2.37. The van der Waals surface area contributed by atoms with Gasteiger partial charge < -0.3 is 34.5 Å². The molecule has 0 saturated carbocycles. The second kappa shape index (κ2) is 14.2. The lowest BCUT2D eigenvalue weighted by Crippen LogP contribution is -2.45. The maximum Gasteiger partial charge on any atom is 0.223 e. The number of para-hydroxylation sites is 1. The first-order valence-corrected chi connectivity index (χ1v) is 16.4. The number of benzene rings is 4. The molecular weight excluding hydrogens is 650 g/mol. The highest BCUT2D eigenvalue weighted by Crippen LogP contribution is 2.44. The molecule has 1 fully saturated rings. The Morgan fingerprint density at radius 1 is 0.843 bits per heavy atom. The second-order valence-electron chi connectivity index (χ2n) is 12.1. The van der Waals surface area contributed by atoms with Crippen LogP contribution in [0.1, 0.15) is 23.1 Å². The Kier molecular flexibility index (Phi) is 9.37. The lowest BCUT2D eigenvalue weighted by atomic mass is 9.80. The van der Waals surface area contributed by atoms with E-state index in [1.54, 1.807) is 26.4 Å². The van der Waals surface area contributed by atoms with Crippen molar-refractivity contribution >= 4 is 22.8 Å². The van der Waals surface area contributed by atoms with Crippen LogP contribution in [-0.2, 0) is 25.6 Å². The number of nitrogens with two attached hydrogens (primary N) is 1. The van der Waals surface area contributed by atoms with Crippen molar-refractivity contribution in [1.82, 2.24) is 19.5 Å². The Balaban J connectivity index is 1.28. The van der Waals surface area contributed by atoms with Gasteiger partial charge in [0.25, 0.3) is 0 Å². The van der Waals surface area contributed by atoms with Crippen LogP contribution in [-0.4, -0.2) is 70.1 Å². The van der Waals surface area contributed by atoms with E-state index < -0.39 is 29.3 Å². The molecule has 3 N–H and O–H groups in total. The molecule has 4 aromatic carbocycles. The topological polar surface area (TPSA) is 153 Å². The predicted octanol–water partition coefficient (Wildman–Crippen LogP) is 4.89. The number of rotatable bonds is 13. The number of aromatic nitrogens is 4. The summed E-state index contributed by atoms with van der Waals surface area (Å²) in [7, 11) is 3.22. The van der Waals surface area contributed by atoms with Gasteiger partial charge in [-0.1, -0.05) is 72.8 Å². The molecule has 0 aliphatic carbocycles. The molecule has 2 aromatic heterocycles. The summed E-state index contributed by atoms with van der Waals surface area (Å²) in [6.07, 6.45) is 0.481. The molecule has 12 nitrogen and oxygen atoms in total. The monoisotopic (exact) mass is 687 g/mol. The van der Waals surface area contributed by atoms with Crippen molar-refractivity contribution in [2.45, 2.75) is 30.0 Å². The number of nitrogen functional groups attached to an aromatic ring is 1. The molecule has 1 aliphatic heterocycles. The van der Waals surface area contributed by atoms with Gasteiger partial charge in [0.2, 0.25) is 11.5 Å². The number of Topliss-reactive ketones (excluding diaryl/α,β-unsaturated/α-hetero) is 1. The number of hydrogen-bond donors (Lipinski definition) is 2. The van der Waals surface area contributed by atoms with Crippen LogP contribution in [0.3, 0.4) is 0 Å². The molecule has 51 heavy (non-hydrogen) atoms. The number of carbonyl (C=O) groups is 1. The number of carbonyl (C=O) groups excluding carboxylic acids is 1. The number of fused-ring (bicyclic) bond motifs is 1. The third-order valence-corrected chi connectivity index (χ3v) is 9.20. The van der Waals surface area contributed by atoms with Crippen LogP contribution >= 0.6 is 0 Å². The molecule has 1 aliphatic rings. The fraction of sp³-hybridized carbons (Fsp3) is 0.231. The minimum absolute atomic E-state index is 0.119. The SMILES string of the molecule is COc1ccc(C(OC[C@H]2O[C@@](C(=O)COc3ccccc3)(n3cnc4c(N)ncnc43)C[C@@H]2O)(c2ccccc2)c2ccc(OC)cc2)cc1. The number of nitrogens with zero attached hydrogens (tertiary/aromatic N) is 4. The Morgan fingerprint density at radius 2 is 1.43 bits per heavy atom. The average molecular weight is 688 g/mol. The first-order valence-electron chi connectivity index (χ1n) is 16.4. The zero-order valence-corrected chi connectivity index (χ0v) is 28.1. The van der Waals surface area contributed by atoms with Crippen molar-refractivity contribution in [2.75, 3.05) is 33.2 Å². The van der Waals surface area contributed by atoms with E-state index in [-0.39, 0.29) is 31.1 Å². The Bertz CT molecular complexity index is 2050. The summed E-state index contributed by atoms with van der Waals surface area (Å²) < 4.78 is 32.0. The third-order valence-electron chi connectivity index (χ3n) is 9.20. The molecule has 1 saturated heterocycles. The van der Waals surface area contributed by atoms with Crippen LogP contribution in [0, 0.1) is 0 Å². The number of methoxy groups -OCH3 is 2. The number of hydrogen-bond acceptors (Lipinski definition) is 11. The predicted molar refractivity (Wildman–Crippen MR) is 188 cm³/mol. The van der Waals surface area contributed by atoms with E-state index >= 15 is 0 Å². The summed E-state index contributed by atoms with van der Waals surface area (Å²) in [4.78, 5) is 27.1. The zero-order valence-electron chi connectivity index (χ0n) is 28.1. The van der Waals surface area contributed by atoms with Crippen molar-refractivity contribution in [3.63, 3.8) is 0 Å². The molecule has 6 aromatic rings. The molecule has 0 unspecified atom stereocenters. The van der Waals surface area contributed by atoms with Crippen LogP contribution in [0.15, 0.2) is 122 Å². The maximum absolute atomic E-state index is 14.3. The molecule has 12 heteroatoms. The third kappa shape index (κ3) is 6.25. The Morgan fingerprint density at radius 3 is 2.04 bits per heavy atom. The van der Waals surface area contributed by atoms with E-state index in [2.05, 4.69) is 15.0 Å². The van der Waals surface area contributed by atoms with Crippen LogP contribution in [0.4, 0.5) is 5.82 Å². The number of imidazole rings is 1. The minimum Gasteiger partial charge on any atom is -0.497 e. The lowest BCUT2D eigenvalue weighted by molar-refractivity contribution is -0.168. The Labute approximate surface area is 294 Å². The van der Waals surface area contributed by atoms with Gasteiger partial charge in [-0.3, -0.25) is 9.36 Å². The second-order valence-corrected chi connectivity index (χ2v) is 12.1. The smallest absolute Gasteiger partial charge is 0.223 e. The largest absolute Gasteiger partial charge is 0.497 e. The molecule has 0 amide bonds. The molecule has 0 bridgehead atoms. The highest BCUT2D eigenvalue weighted by molar-refractivity contribution is 5.90. The van der Waals surface area contributed by atoms with Gasteiger partial charge in [-0.25, -0.2) is 15.0 Å². The molecule has 0 radical (unpaired) electrons. The fourth-order valence-electron chi connectivity index (χ4n) is 6.58. The first kappa shape index (κ1) is 33.7. The number of aliphatic hydroxyl groups is 1. The first-order chi connectivity index (χ1) is 24.9. The molecular formula is C39H37N5O7. The van der Waals surface area contributed by atoms with Gasteiger partial charge >= 0.3 is 0 Å². The van der Waals surface area contributed by atoms with Crippen molar-refractivity contribution in [1.29, 1.82) is 0 Å². The van der Waals surface area contributed by atoms with Gasteiger partial charge in [-0.2, -0.15) is 0 Å². The van der Waals surface area contributed by atoms with E-state index in [9.17, 15) is 9.90 Å². The summed E-state index contributed by atoms with van der Waals surface area (Å²) in [6, 6.07) is 34.0. The quantitative estimate of drug-likeness (QED) is 0.160. The molecule has 260 valence electrons. The van der Waals surface area contributed by atoms with Crippen LogP contribution < -0.4 is 19.9 Å². The van der Waals surface area contributed by atoms with Crippen LogP contribution in [0.25, 0.3) is 11.2 Å². The van der Waals surface area contributed by atoms with E-state index in [4.69, 9.17) is 29.4 Å². The number of ketones is 1. The van der Waals surface area contributed by atoms with Gasteiger partial charge in [-0.05, 0) is 53.1 Å². The van der Waals surface area contributed by atoms with Crippen molar-refractivity contribution in [2.24, 2.45) is 0 Å². The summed E-state index contributed by atoms with van der Waals surface area (Å²) in [6.45, 7) is -0.470. The zero-order chi connectivity index (χ0) is 35.4. The normalized spacial score (nSPS) is 18.8. The molecule has 3 heterocycles. The highest BCUT2D eigenvalue weighted by Gasteiger charge is 2.54. The summed E-state index contributed by atoms with van der Waals surface area (Å²) >= 11 is 0. The molecule has 0 spiro atoms. The van der Waals surface area contributed by atoms with Crippen LogP contribution in [0.5, 0.6) is 17.2 Å². The average Bonchev–Trinajstić information content (AvgIpc) is 3.78. The van der Waals surface area contributed by atoms with Gasteiger partial charge in [0.1, 0.15) is 40.8 Å². The summed E-state index contributed by atoms with van der Waals surface area (Å²) in [5, 5.41) is 11.7. The van der Waals surface area contributed by atoms with Crippen molar-refractivity contribution in [3.05, 3.63) is 139 Å². The van der Waals surface area contributed by atoms with Gasteiger partial charge in [0.05, 0.1) is 33.3 Å². The van der Waals surface area contributed by atoms with E-state index in [1.165, 1.54) is 17.2 Å². The summed E-state index contributed by atoms with van der Waals surface area (Å²) in [5.74, 6) is 1.56. The van der Waals surface area contributed by atoms with Gasteiger partial charge in [0.15, 0.2) is 18.1 Å². The fourth-order valence-corrected chi connectivity index (χ4v) is 6.58. The molecule has 7 rings (SSSR count). The van der Waals surface area contributed by atoms with E-state index in [0.29, 0.717) is 22.8 Å². The number of anilines is 1. The Hall–Kier alpha value is -5.82. The van der Waals surface area contributed by atoms with E-state index in [0.717, 1.165) is 16.7 Å². The van der Waals surface area contributed by atoms with E-state index in [1.807, 2.05) is 97.1 Å². The summed E-state index contributed by atoms with van der Waals surface area (Å²) in [5.41, 5.74) is 6.19. The number of aliphatic hydroxyl groups excluding tert-OH is 1. The van der Waals surface area contributed by atoms with Crippen LogP contribution in [0.2, 0.25) is 0 Å². The maximum atomic E-state index is 14.3. The molecule has 3 atom stereocenters.